The molecule has 2 fully saturated rings. The molecule has 0 aromatic rings. The highest BCUT2D eigenvalue weighted by molar-refractivity contribution is 5.02. The van der Waals surface area contributed by atoms with Crippen molar-refractivity contribution in [3.8, 4) is 0 Å². The van der Waals surface area contributed by atoms with Crippen molar-refractivity contribution in [1.29, 1.82) is 0 Å². The van der Waals surface area contributed by atoms with Gasteiger partial charge < -0.3 is 59.8 Å². The highest BCUT2D eigenvalue weighted by Crippen LogP contribution is 2.23. The lowest BCUT2D eigenvalue weighted by molar-refractivity contribution is -0.300. The van der Waals surface area contributed by atoms with Crippen molar-refractivity contribution in [1.82, 2.24) is 0 Å². The number of rotatable bonds is 11. The van der Waals surface area contributed by atoms with Crippen molar-refractivity contribution in [3.63, 3.8) is 0 Å². The smallest absolute Gasteiger partial charge is 0.186 e. The van der Waals surface area contributed by atoms with Gasteiger partial charge in [0.25, 0.3) is 0 Å². The van der Waals surface area contributed by atoms with Crippen molar-refractivity contribution >= 4 is 0 Å². The van der Waals surface area contributed by atoms with Gasteiger partial charge in [0, 0.05) is 0 Å². The molecule has 5 unspecified atom stereocenters. The molecule has 0 aliphatic carbocycles. The zero-order chi connectivity index (χ0) is 23.7. The Hall–Kier alpha value is -1.00. The second-order valence-electron chi connectivity index (χ2n) is 7.57. The normalized spacial score (nSPS) is 41.0. The molecule has 8 N–H and O–H groups in total. The topological polar surface area (TPSA) is 199 Å². The fourth-order valence-electron chi connectivity index (χ4n) is 3.26. The van der Waals surface area contributed by atoms with E-state index in [2.05, 4.69) is 0 Å². The van der Waals surface area contributed by atoms with Crippen molar-refractivity contribution < 1.29 is 59.8 Å². The molecule has 2 aliphatic heterocycles. The Kier molecular flexibility index (Phi) is 11.6. The molecule has 2 rings (SSSR count). The Morgan fingerprint density at radius 3 is 1.28 bits per heavy atom. The van der Waals surface area contributed by atoms with E-state index in [1.807, 2.05) is 0 Å². The van der Waals surface area contributed by atoms with Crippen LogP contribution in [0.3, 0.4) is 0 Å². The van der Waals surface area contributed by atoms with Gasteiger partial charge in [-0.15, -0.1) is 0 Å². The average molecular weight is 466 g/mol. The first-order valence-corrected chi connectivity index (χ1v) is 10.5. The Morgan fingerprint density at radius 2 is 0.938 bits per heavy atom. The Balaban J connectivity index is 1.60. The molecule has 2 aliphatic rings. The van der Waals surface area contributed by atoms with E-state index in [9.17, 15) is 30.6 Å². The fraction of sp³-hybridized carbons (Fsp3) is 0.800. The molecule has 32 heavy (non-hydrogen) atoms. The minimum Gasteiger partial charge on any atom is -0.394 e. The summed E-state index contributed by atoms with van der Waals surface area (Å²) in [5.74, 6) is 0. The molecule has 2 saturated heterocycles. The molecule has 0 bridgehead atoms. The lowest BCUT2D eigenvalue weighted by Gasteiger charge is -2.39. The van der Waals surface area contributed by atoms with Gasteiger partial charge in [0.05, 0.1) is 26.4 Å². The number of hydrogen-bond donors (Lipinski definition) is 8. The van der Waals surface area contributed by atoms with Crippen LogP contribution in [0.4, 0.5) is 0 Å². The lowest BCUT2D eigenvalue weighted by atomic mass is 9.99. The first-order chi connectivity index (χ1) is 15.3. The van der Waals surface area contributed by atoms with E-state index in [0.717, 1.165) is 0 Å². The van der Waals surface area contributed by atoms with E-state index in [1.54, 1.807) is 24.3 Å². The van der Waals surface area contributed by atoms with Crippen LogP contribution in [0.15, 0.2) is 24.3 Å². The number of hydrogen-bond acceptors (Lipinski definition) is 12. The maximum Gasteiger partial charge on any atom is 0.186 e. The summed E-state index contributed by atoms with van der Waals surface area (Å²) in [4.78, 5) is 0. The number of ether oxygens (including phenoxy) is 4. The van der Waals surface area contributed by atoms with Gasteiger partial charge >= 0.3 is 0 Å². The Bertz CT molecular complexity index is 533. The molecule has 186 valence electrons. The van der Waals surface area contributed by atoms with Crippen molar-refractivity contribution in [2.75, 3.05) is 26.4 Å². The van der Waals surface area contributed by atoms with Gasteiger partial charge in [-0.1, -0.05) is 24.3 Å². The lowest BCUT2D eigenvalue weighted by Crippen LogP contribution is -2.59. The molecule has 0 aromatic heterocycles. The third-order valence-electron chi connectivity index (χ3n) is 5.21. The molecule has 0 amide bonds. The summed E-state index contributed by atoms with van der Waals surface area (Å²) in [5, 5.41) is 76.8. The summed E-state index contributed by atoms with van der Waals surface area (Å²) in [6, 6.07) is 0. The number of aliphatic hydroxyl groups excluding tert-OH is 8. The summed E-state index contributed by atoms with van der Waals surface area (Å²) < 4.78 is 21.2. The second kappa shape index (κ2) is 13.6. The summed E-state index contributed by atoms with van der Waals surface area (Å²) in [6.07, 6.45) is -4.97. The van der Waals surface area contributed by atoms with Gasteiger partial charge in [-0.2, -0.15) is 0 Å². The van der Waals surface area contributed by atoms with E-state index in [4.69, 9.17) is 29.2 Å². The molecule has 10 atom stereocenters. The predicted octanol–water partition coefficient (Wildman–Crippen LogP) is -3.49. The van der Waals surface area contributed by atoms with Gasteiger partial charge in [-0.05, 0) is 12.8 Å². The zero-order valence-corrected chi connectivity index (χ0v) is 17.5. The molecule has 0 radical (unpaired) electrons. The van der Waals surface area contributed by atoms with Crippen LogP contribution < -0.4 is 0 Å². The molecular formula is C20H34O12. The minimum absolute atomic E-state index is 0.174. The minimum atomic E-state index is -1.48. The standard InChI is InChI=1S/C20H34O12/c21-9-11-13(23)15(25)17(27)19(31-11)29-7-5-3-1-2-4-6-8-30-20-18(28)16(26)14(24)12(10-22)32-20/h1-4,11-28H,5-10H2/b3-1-,4-2+/t11?,12?,13-,14+,15?,16+,17?,18?,19+,20-/m1/s1. The highest BCUT2D eigenvalue weighted by Gasteiger charge is 2.44. The van der Waals surface area contributed by atoms with Crippen molar-refractivity contribution in [2.45, 2.75) is 74.3 Å². The molecular weight excluding hydrogens is 432 g/mol. The maximum atomic E-state index is 9.87. The second-order valence-corrected chi connectivity index (χ2v) is 7.57. The molecule has 0 saturated carbocycles. The summed E-state index contributed by atoms with van der Waals surface area (Å²) in [7, 11) is 0. The van der Waals surface area contributed by atoms with Crippen LogP contribution in [0.1, 0.15) is 12.8 Å². The van der Waals surface area contributed by atoms with Crippen LogP contribution >= 0.6 is 0 Å². The average Bonchev–Trinajstić information content (AvgIpc) is 2.79. The number of aliphatic hydroxyl groups is 8. The van der Waals surface area contributed by atoms with Gasteiger partial charge in [-0.25, -0.2) is 0 Å². The van der Waals surface area contributed by atoms with Crippen molar-refractivity contribution in [2.24, 2.45) is 0 Å². The van der Waals surface area contributed by atoms with Gasteiger partial charge in [0.1, 0.15) is 48.8 Å². The third kappa shape index (κ3) is 7.25. The van der Waals surface area contributed by atoms with Crippen molar-refractivity contribution in [3.05, 3.63) is 24.3 Å². The quantitative estimate of drug-likeness (QED) is 0.111. The largest absolute Gasteiger partial charge is 0.394 e. The molecule has 2 heterocycles. The third-order valence-corrected chi connectivity index (χ3v) is 5.21. The number of allylic oxidation sites excluding steroid dienone is 2. The van der Waals surface area contributed by atoms with Gasteiger partial charge in [0.15, 0.2) is 12.6 Å². The Morgan fingerprint density at radius 1 is 0.562 bits per heavy atom. The highest BCUT2D eigenvalue weighted by atomic mass is 16.7. The maximum absolute atomic E-state index is 9.87. The fourth-order valence-corrected chi connectivity index (χ4v) is 3.26. The summed E-state index contributed by atoms with van der Waals surface area (Å²) in [5.41, 5.74) is 0. The van der Waals surface area contributed by atoms with Gasteiger partial charge in [-0.3, -0.25) is 0 Å². The zero-order valence-electron chi connectivity index (χ0n) is 17.5. The van der Waals surface area contributed by atoms with E-state index in [1.165, 1.54) is 0 Å². The SMILES string of the molecule is OCC1O[C@H](OCC/C=C\C=C\CCO[C@@H]2OC(CO)[C@H](O)[C@H](O)C2O)C(O)C(O)[C@@H]1O. The first kappa shape index (κ1) is 27.2. The predicted molar refractivity (Wildman–Crippen MR) is 107 cm³/mol. The molecule has 12 heteroatoms. The van der Waals surface area contributed by atoms with Crippen LogP contribution in [-0.4, -0.2) is 129 Å². The van der Waals surface area contributed by atoms with E-state index < -0.39 is 74.6 Å². The van der Waals surface area contributed by atoms with Crippen LogP contribution in [0, 0.1) is 0 Å². The van der Waals surface area contributed by atoms with Crippen LogP contribution in [-0.2, 0) is 18.9 Å². The molecule has 0 spiro atoms. The monoisotopic (exact) mass is 466 g/mol. The van der Waals surface area contributed by atoms with Crippen LogP contribution in [0.25, 0.3) is 0 Å². The van der Waals surface area contributed by atoms with Crippen LogP contribution in [0.2, 0.25) is 0 Å². The van der Waals surface area contributed by atoms with Crippen LogP contribution in [0.5, 0.6) is 0 Å². The molecule has 0 aromatic carbocycles. The molecule has 12 nitrogen and oxygen atoms in total. The van der Waals surface area contributed by atoms with E-state index in [0.29, 0.717) is 12.8 Å². The van der Waals surface area contributed by atoms with E-state index in [-0.39, 0.29) is 13.2 Å². The summed E-state index contributed by atoms with van der Waals surface area (Å²) in [6.45, 7) is -0.689. The van der Waals surface area contributed by atoms with E-state index >= 15 is 0 Å². The first-order valence-electron chi connectivity index (χ1n) is 10.5. The van der Waals surface area contributed by atoms with Gasteiger partial charge in [0.2, 0.25) is 0 Å². The summed E-state index contributed by atoms with van der Waals surface area (Å²) >= 11 is 0. The Labute approximate surface area is 185 Å².